The smallest absolute Gasteiger partial charge is 0.119 e. The van der Waals surface area contributed by atoms with Gasteiger partial charge < -0.3 is 4.74 Å². The molecule has 0 atom stereocenters. The van der Waals surface area contributed by atoms with Crippen molar-refractivity contribution in [3.8, 4) is 5.75 Å². The maximum absolute atomic E-state index is 7.07. The van der Waals surface area contributed by atoms with Gasteiger partial charge in [0.1, 0.15) is 5.75 Å². The molecule has 0 saturated heterocycles. The SMILES string of the molecule is [NH]CCCCOc1ccc(Cc2ccccc2)cc1. The standard InChI is InChI=1S/C17H20NO/c18-12-4-5-13-19-17-10-8-16(9-11-17)14-15-6-2-1-3-7-15/h1-3,6-11,18H,4-5,12-14H2. The maximum atomic E-state index is 7.07. The van der Waals surface area contributed by atoms with Crippen molar-refractivity contribution in [2.45, 2.75) is 19.3 Å². The average molecular weight is 254 g/mol. The molecule has 99 valence electrons. The molecule has 0 aromatic heterocycles. The summed E-state index contributed by atoms with van der Waals surface area (Å²) in [5, 5.41) is 0. The van der Waals surface area contributed by atoms with Crippen LogP contribution in [0.1, 0.15) is 24.0 Å². The molecule has 2 aromatic carbocycles. The van der Waals surface area contributed by atoms with Gasteiger partial charge in [-0.2, -0.15) is 0 Å². The summed E-state index contributed by atoms with van der Waals surface area (Å²) in [7, 11) is 0. The first-order chi connectivity index (χ1) is 9.38. The number of hydrogen-bond donors (Lipinski definition) is 0. The summed E-state index contributed by atoms with van der Waals surface area (Å²) < 4.78 is 5.63. The van der Waals surface area contributed by atoms with Crippen LogP contribution in [0.3, 0.4) is 0 Å². The lowest BCUT2D eigenvalue weighted by atomic mass is 10.1. The molecule has 0 heterocycles. The van der Waals surface area contributed by atoms with Gasteiger partial charge in [-0.15, -0.1) is 0 Å². The molecule has 2 heteroatoms. The Morgan fingerprint density at radius 1 is 0.789 bits per heavy atom. The van der Waals surface area contributed by atoms with Crippen molar-refractivity contribution in [3.05, 3.63) is 65.7 Å². The lowest BCUT2D eigenvalue weighted by molar-refractivity contribution is 0.307. The zero-order chi connectivity index (χ0) is 13.3. The molecule has 0 amide bonds. The Bertz CT molecular complexity index is 464. The van der Waals surface area contributed by atoms with Crippen LogP contribution in [-0.4, -0.2) is 13.2 Å². The van der Waals surface area contributed by atoms with E-state index in [4.69, 9.17) is 10.5 Å². The second-order valence-corrected chi connectivity index (χ2v) is 4.61. The van der Waals surface area contributed by atoms with Gasteiger partial charge in [0.05, 0.1) is 6.61 Å². The second kappa shape index (κ2) is 7.59. The Morgan fingerprint density at radius 3 is 2.16 bits per heavy atom. The third kappa shape index (κ3) is 4.76. The Morgan fingerprint density at radius 2 is 1.47 bits per heavy atom. The van der Waals surface area contributed by atoms with Crippen LogP contribution >= 0.6 is 0 Å². The maximum Gasteiger partial charge on any atom is 0.119 e. The lowest BCUT2D eigenvalue weighted by Crippen LogP contribution is -1.99. The van der Waals surface area contributed by atoms with Crippen LogP contribution in [0.4, 0.5) is 0 Å². The number of benzene rings is 2. The van der Waals surface area contributed by atoms with Crippen LogP contribution in [0.25, 0.3) is 0 Å². The van der Waals surface area contributed by atoms with E-state index < -0.39 is 0 Å². The van der Waals surface area contributed by atoms with Crippen molar-refractivity contribution < 1.29 is 4.74 Å². The number of unbranched alkanes of at least 4 members (excludes halogenated alkanes) is 1. The fourth-order valence-corrected chi connectivity index (χ4v) is 1.95. The summed E-state index contributed by atoms with van der Waals surface area (Å²) in [6.45, 7) is 1.19. The zero-order valence-corrected chi connectivity index (χ0v) is 11.1. The molecular weight excluding hydrogens is 234 g/mol. The van der Waals surface area contributed by atoms with Gasteiger partial charge in [0.25, 0.3) is 0 Å². The van der Waals surface area contributed by atoms with Gasteiger partial charge in [-0.05, 0) is 42.5 Å². The molecule has 0 saturated carbocycles. The van der Waals surface area contributed by atoms with E-state index in [-0.39, 0.29) is 0 Å². The van der Waals surface area contributed by atoms with Crippen LogP contribution in [-0.2, 0) is 6.42 Å². The fraction of sp³-hybridized carbons (Fsp3) is 0.294. The van der Waals surface area contributed by atoms with E-state index in [1.165, 1.54) is 11.1 Å². The number of hydrogen-bond acceptors (Lipinski definition) is 1. The largest absolute Gasteiger partial charge is 0.494 e. The van der Waals surface area contributed by atoms with E-state index in [1.54, 1.807) is 0 Å². The van der Waals surface area contributed by atoms with Crippen LogP contribution in [0.2, 0.25) is 0 Å². The Labute approximate surface area is 115 Å². The highest BCUT2D eigenvalue weighted by Gasteiger charge is 1.97. The monoisotopic (exact) mass is 254 g/mol. The number of nitrogens with one attached hydrogen (secondary N) is 1. The summed E-state index contributed by atoms with van der Waals surface area (Å²) in [4.78, 5) is 0. The minimum absolute atomic E-state index is 0.485. The van der Waals surface area contributed by atoms with E-state index in [2.05, 4.69) is 36.4 Å². The molecule has 0 aliphatic heterocycles. The van der Waals surface area contributed by atoms with Gasteiger partial charge in [-0.3, -0.25) is 5.73 Å². The average Bonchev–Trinajstić information content (AvgIpc) is 2.46. The molecule has 0 aliphatic rings. The highest BCUT2D eigenvalue weighted by molar-refractivity contribution is 5.31. The number of rotatable bonds is 7. The topological polar surface area (TPSA) is 33.0 Å². The van der Waals surface area contributed by atoms with Gasteiger partial charge in [-0.25, -0.2) is 0 Å². The van der Waals surface area contributed by atoms with Crippen molar-refractivity contribution in [3.63, 3.8) is 0 Å². The Kier molecular flexibility index (Phi) is 5.45. The molecule has 2 rings (SSSR count). The third-order valence-electron chi connectivity index (χ3n) is 3.01. The zero-order valence-electron chi connectivity index (χ0n) is 11.1. The van der Waals surface area contributed by atoms with Gasteiger partial charge in [0, 0.05) is 6.54 Å². The first-order valence-corrected chi connectivity index (χ1v) is 6.79. The van der Waals surface area contributed by atoms with Crippen LogP contribution in [0, 0.1) is 0 Å². The van der Waals surface area contributed by atoms with Gasteiger partial charge in [0.15, 0.2) is 0 Å². The van der Waals surface area contributed by atoms with E-state index >= 15 is 0 Å². The minimum Gasteiger partial charge on any atom is -0.494 e. The summed E-state index contributed by atoms with van der Waals surface area (Å²) >= 11 is 0. The molecular formula is C17H20NO. The van der Waals surface area contributed by atoms with Gasteiger partial charge in [-0.1, -0.05) is 42.5 Å². The van der Waals surface area contributed by atoms with Gasteiger partial charge >= 0.3 is 0 Å². The second-order valence-electron chi connectivity index (χ2n) is 4.61. The Balaban J connectivity index is 1.84. The van der Waals surface area contributed by atoms with Crippen molar-refractivity contribution >= 4 is 0 Å². The van der Waals surface area contributed by atoms with Gasteiger partial charge in [0.2, 0.25) is 0 Å². The van der Waals surface area contributed by atoms with Crippen LogP contribution < -0.4 is 10.5 Å². The van der Waals surface area contributed by atoms with E-state index in [0.717, 1.165) is 25.0 Å². The van der Waals surface area contributed by atoms with Crippen molar-refractivity contribution in [2.24, 2.45) is 0 Å². The highest BCUT2D eigenvalue weighted by Crippen LogP contribution is 2.15. The molecule has 1 radical (unpaired) electrons. The quantitative estimate of drug-likeness (QED) is 0.693. The lowest BCUT2D eigenvalue weighted by Gasteiger charge is -2.07. The molecule has 0 fully saturated rings. The summed E-state index contributed by atoms with van der Waals surface area (Å²) in [5.74, 6) is 0.918. The van der Waals surface area contributed by atoms with Crippen LogP contribution in [0.5, 0.6) is 5.75 Å². The van der Waals surface area contributed by atoms with Crippen molar-refractivity contribution in [2.75, 3.05) is 13.2 Å². The summed E-state index contributed by atoms with van der Waals surface area (Å²) in [6.07, 6.45) is 2.82. The molecule has 19 heavy (non-hydrogen) atoms. The first kappa shape index (κ1) is 13.6. The third-order valence-corrected chi connectivity index (χ3v) is 3.01. The predicted octanol–water partition coefficient (Wildman–Crippen LogP) is 3.72. The van der Waals surface area contributed by atoms with E-state index in [1.807, 2.05) is 18.2 Å². The summed E-state index contributed by atoms with van der Waals surface area (Å²) in [5.41, 5.74) is 9.69. The highest BCUT2D eigenvalue weighted by atomic mass is 16.5. The molecule has 2 aromatic rings. The minimum atomic E-state index is 0.485. The summed E-state index contributed by atoms with van der Waals surface area (Å²) in [6, 6.07) is 18.8. The van der Waals surface area contributed by atoms with Crippen LogP contribution in [0.15, 0.2) is 54.6 Å². The predicted molar refractivity (Wildman–Crippen MR) is 78.4 cm³/mol. The normalized spacial score (nSPS) is 10.4. The van der Waals surface area contributed by atoms with E-state index in [0.29, 0.717) is 13.2 Å². The number of ether oxygens (including phenoxy) is 1. The fourth-order valence-electron chi connectivity index (χ4n) is 1.95. The van der Waals surface area contributed by atoms with E-state index in [9.17, 15) is 0 Å². The first-order valence-electron chi connectivity index (χ1n) is 6.79. The molecule has 0 unspecified atom stereocenters. The Hall–Kier alpha value is -1.80. The molecule has 0 spiro atoms. The molecule has 0 aliphatic carbocycles. The van der Waals surface area contributed by atoms with Crippen molar-refractivity contribution in [1.29, 1.82) is 0 Å². The molecule has 0 bridgehead atoms. The van der Waals surface area contributed by atoms with Crippen molar-refractivity contribution in [1.82, 2.24) is 5.73 Å². The molecule has 2 nitrogen and oxygen atoms in total. The molecule has 1 N–H and O–H groups in total.